The fraction of sp³-hybridized carbons (Fsp3) is 0.188. The van der Waals surface area contributed by atoms with E-state index in [4.69, 9.17) is 20.3 Å². The van der Waals surface area contributed by atoms with E-state index in [1.54, 1.807) is 12.1 Å². The summed E-state index contributed by atoms with van der Waals surface area (Å²) in [5.74, 6) is -0.0110. The van der Waals surface area contributed by atoms with Gasteiger partial charge in [-0.25, -0.2) is 4.79 Å². The zero-order chi connectivity index (χ0) is 14.8. The summed E-state index contributed by atoms with van der Waals surface area (Å²) in [6.07, 6.45) is 0.606. The number of aromatic carboxylic acids is 1. The molecular formula is C16H15NO4. The topological polar surface area (TPSA) is 81.8 Å². The van der Waals surface area contributed by atoms with Gasteiger partial charge in [-0.3, -0.25) is 0 Å². The van der Waals surface area contributed by atoms with Gasteiger partial charge in [-0.15, -0.1) is 0 Å². The largest absolute Gasteiger partial charge is 0.487 e. The van der Waals surface area contributed by atoms with Gasteiger partial charge in [0, 0.05) is 6.42 Å². The maximum absolute atomic E-state index is 11.2. The summed E-state index contributed by atoms with van der Waals surface area (Å²) in [7, 11) is 0. The van der Waals surface area contributed by atoms with Crippen molar-refractivity contribution in [3.8, 4) is 11.5 Å². The van der Waals surface area contributed by atoms with Gasteiger partial charge < -0.3 is 20.3 Å². The second-order valence-electron chi connectivity index (χ2n) is 4.89. The predicted octanol–water partition coefficient (Wildman–Crippen LogP) is 2.35. The Morgan fingerprint density at radius 1 is 1.29 bits per heavy atom. The van der Waals surface area contributed by atoms with E-state index in [1.807, 2.05) is 24.3 Å². The summed E-state index contributed by atoms with van der Waals surface area (Å²) in [6.45, 7) is 0.253. The molecule has 5 nitrogen and oxygen atoms in total. The molecule has 3 rings (SSSR count). The summed E-state index contributed by atoms with van der Waals surface area (Å²) in [6, 6.07) is 12.5. The Hall–Kier alpha value is -2.69. The molecule has 1 aliphatic heterocycles. The van der Waals surface area contributed by atoms with Crippen LogP contribution in [0.25, 0.3) is 0 Å². The first kappa shape index (κ1) is 13.3. The Morgan fingerprint density at radius 3 is 2.86 bits per heavy atom. The molecule has 1 aliphatic rings. The zero-order valence-corrected chi connectivity index (χ0v) is 11.3. The van der Waals surface area contributed by atoms with Crippen LogP contribution in [0.2, 0.25) is 0 Å². The molecule has 5 heteroatoms. The third-order valence-electron chi connectivity index (χ3n) is 3.40. The molecule has 108 valence electrons. The number of carbonyl (C=O) groups is 1. The lowest BCUT2D eigenvalue weighted by atomic mass is 10.1. The highest BCUT2D eigenvalue weighted by Gasteiger charge is 2.24. The van der Waals surface area contributed by atoms with Gasteiger partial charge in [0.05, 0.1) is 5.69 Å². The van der Waals surface area contributed by atoms with Gasteiger partial charge >= 0.3 is 5.97 Å². The molecule has 0 amide bonds. The van der Waals surface area contributed by atoms with E-state index >= 15 is 0 Å². The third kappa shape index (κ3) is 2.63. The van der Waals surface area contributed by atoms with Gasteiger partial charge in [0.15, 0.2) is 5.75 Å². The molecule has 1 unspecified atom stereocenters. The molecule has 0 aliphatic carbocycles. The number of hydrogen-bond acceptors (Lipinski definition) is 4. The van der Waals surface area contributed by atoms with Crippen molar-refractivity contribution in [3.63, 3.8) is 0 Å². The van der Waals surface area contributed by atoms with Crippen molar-refractivity contribution in [2.75, 3.05) is 12.3 Å². The minimum Gasteiger partial charge on any atom is -0.487 e. The smallest absolute Gasteiger partial charge is 0.339 e. The normalized spacial score (nSPS) is 16.1. The van der Waals surface area contributed by atoms with E-state index < -0.39 is 5.97 Å². The minimum atomic E-state index is -1.06. The number of nitrogens with two attached hydrogens (primary N) is 1. The van der Waals surface area contributed by atoms with E-state index in [2.05, 4.69) is 0 Å². The van der Waals surface area contributed by atoms with Crippen LogP contribution in [0.15, 0.2) is 42.5 Å². The van der Waals surface area contributed by atoms with Crippen molar-refractivity contribution >= 4 is 11.7 Å². The fourth-order valence-electron chi connectivity index (χ4n) is 2.41. The van der Waals surface area contributed by atoms with Crippen molar-refractivity contribution < 1.29 is 19.4 Å². The molecule has 0 saturated carbocycles. The number of fused-ring (bicyclic) bond motifs is 1. The van der Waals surface area contributed by atoms with Crippen molar-refractivity contribution in [1.29, 1.82) is 0 Å². The van der Waals surface area contributed by atoms with E-state index in [0.717, 1.165) is 17.7 Å². The average Bonchev–Trinajstić information content (AvgIpc) is 2.88. The van der Waals surface area contributed by atoms with Crippen LogP contribution in [-0.4, -0.2) is 23.8 Å². The summed E-state index contributed by atoms with van der Waals surface area (Å²) < 4.78 is 11.4. The van der Waals surface area contributed by atoms with Crippen molar-refractivity contribution in [2.24, 2.45) is 0 Å². The lowest BCUT2D eigenvalue weighted by Gasteiger charge is -2.15. The molecular weight excluding hydrogens is 270 g/mol. The summed E-state index contributed by atoms with van der Waals surface area (Å²) in [5.41, 5.74) is 7.30. The second kappa shape index (κ2) is 5.36. The quantitative estimate of drug-likeness (QED) is 0.843. The predicted molar refractivity (Wildman–Crippen MR) is 77.9 cm³/mol. The highest BCUT2D eigenvalue weighted by Crippen LogP contribution is 2.30. The molecule has 2 aromatic carbocycles. The Kier molecular flexibility index (Phi) is 3.39. The average molecular weight is 285 g/mol. The van der Waals surface area contributed by atoms with Gasteiger partial charge in [0.25, 0.3) is 0 Å². The first-order chi connectivity index (χ1) is 10.1. The highest BCUT2D eigenvalue weighted by molar-refractivity contribution is 5.93. The number of para-hydroxylation sites is 2. The molecule has 0 spiro atoms. The number of carboxylic acids is 1. The summed E-state index contributed by atoms with van der Waals surface area (Å²) in [5, 5.41) is 9.16. The van der Waals surface area contributed by atoms with E-state index in [-0.39, 0.29) is 24.0 Å². The van der Waals surface area contributed by atoms with Gasteiger partial charge in [0.2, 0.25) is 0 Å². The standard InChI is InChI=1S/C16H15NO4/c17-13-6-3-5-12(16(18)19)15(13)20-9-11-8-10-4-1-2-7-14(10)21-11/h1-7,11H,8-9,17H2,(H,18,19). The van der Waals surface area contributed by atoms with Gasteiger partial charge in [-0.1, -0.05) is 24.3 Å². The van der Waals surface area contributed by atoms with Gasteiger partial charge in [-0.2, -0.15) is 0 Å². The number of rotatable bonds is 4. The van der Waals surface area contributed by atoms with Crippen LogP contribution in [0.3, 0.4) is 0 Å². The van der Waals surface area contributed by atoms with E-state index in [0.29, 0.717) is 5.69 Å². The lowest BCUT2D eigenvalue weighted by molar-refractivity contribution is 0.0688. The number of nitrogen functional groups attached to an aromatic ring is 1. The monoisotopic (exact) mass is 285 g/mol. The molecule has 0 saturated heterocycles. The number of anilines is 1. The molecule has 1 atom stereocenters. The highest BCUT2D eigenvalue weighted by atomic mass is 16.5. The van der Waals surface area contributed by atoms with Crippen molar-refractivity contribution in [3.05, 3.63) is 53.6 Å². The lowest BCUT2D eigenvalue weighted by Crippen LogP contribution is -2.23. The zero-order valence-electron chi connectivity index (χ0n) is 11.3. The maximum atomic E-state index is 11.2. The molecule has 1 heterocycles. The van der Waals surface area contributed by atoms with Crippen molar-refractivity contribution in [2.45, 2.75) is 12.5 Å². The van der Waals surface area contributed by atoms with Crippen LogP contribution in [0, 0.1) is 0 Å². The van der Waals surface area contributed by atoms with E-state index in [9.17, 15) is 4.79 Å². The molecule has 3 N–H and O–H groups in total. The van der Waals surface area contributed by atoms with Gasteiger partial charge in [-0.05, 0) is 23.8 Å². The fourth-order valence-corrected chi connectivity index (χ4v) is 2.41. The first-order valence-electron chi connectivity index (χ1n) is 6.64. The molecule has 0 fully saturated rings. The molecule has 21 heavy (non-hydrogen) atoms. The Bertz CT molecular complexity index is 659. The Balaban J connectivity index is 1.71. The number of carboxylic acid groups (broad SMARTS) is 1. The van der Waals surface area contributed by atoms with Crippen LogP contribution in [0.5, 0.6) is 11.5 Å². The van der Waals surface area contributed by atoms with Crippen LogP contribution in [0.1, 0.15) is 15.9 Å². The number of benzene rings is 2. The second-order valence-corrected chi connectivity index (χ2v) is 4.89. The number of hydrogen-bond donors (Lipinski definition) is 2. The first-order valence-corrected chi connectivity index (χ1v) is 6.64. The summed E-state index contributed by atoms with van der Waals surface area (Å²) in [4.78, 5) is 11.2. The Labute approximate surface area is 121 Å². The minimum absolute atomic E-state index is 0.0607. The summed E-state index contributed by atoms with van der Waals surface area (Å²) >= 11 is 0. The Morgan fingerprint density at radius 2 is 2.10 bits per heavy atom. The van der Waals surface area contributed by atoms with Crippen LogP contribution in [-0.2, 0) is 6.42 Å². The van der Waals surface area contributed by atoms with Crippen LogP contribution >= 0.6 is 0 Å². The van der Waals surface area contributed by atoms with E-state index in [1.165, 1.54) is 6.07 Å². The molecule has 0 radical (unpaired) electrons. The van der Waals surface area contributed by atoms with Crippen molar-refractivity contribution in [1.82, 2.24) is 0 Å². The number of ether oxygens (including phenoxy) is 2. The molecule has 0 aromatic heterocycles. The molecule has 2 aromatic rings. The van der Waals surface area contributed by atoms with Crippen LogP contribution < -0.4 is 15.2 Å². The SMILES string of the molecule is Nc1cccc(C(=O)O)c1OCC1Cc2ccccc2O1. The molecule has 0 bridgehead atoms. The maximum Gasteiger partial charge on any atom is 0.339 e. The van der Waals surface area contributed by atoms with Crippen LogP contribution in [0.4, 0.5) is 5.69 Å². The third-order valence-corrected chi connectivity index (χ3v) is 3.40. The van der Waals surface area contributed by atoms with Gasteiger partial charge in [0.1, 0.15) is 24.0 Å².